The molecule has 0 aliphatic carbocycles. The van der Waals surface area contributed by atoms with Crippen molar-refractivity contribution < 1.29 is 64.6 Å². The van der Waals surface area contributed by atoms with E-state index in [1.54, 1.807) is 6.08 Å². The van der Waals surface area contributed by atoms with Gasteiger partial charge in [-0.2, -0.15) is 0 Å². The van der Waals surface area contributed by atoms with Crippen LogP contribution in [0.25, 0.3) is 0 Å². The molecule has 2 saturated heterocycles. The quantitative estimate of drug-likeness (QED) is 0.0206. The molecular weight excluding hydrogens is 907 g/mol. The van der Waals surface area contributed by atoms with Gasteiger partial charge in [0, 0.05) is 6.42 Å². The molecule has 14 heteroatoms. The van der Waals surface area contributed by atoms with Crippen molar-refractivity contribution in [3.8, 4) is 0 Å². The minimum absolute atomic E-state index is 0.256. The van der Waals surface area contributed by atoms with Gasteiger partial charge in [0.2, 0.25) is 5.91 Å². The second-order valence-electron chi connectivity index (χ2n) is 20.0. The number of nitrogens with one attached hydrogen (secondary N) is 1. The van der Waals surface area contributed by atoms with Crippen molar-refractivity contribution in [3.63, 3.8) is 0 Å². The van der Waals surface area contributed by atoms with Crippen molar-refractivity contribution in [2.45, 2.75) is 286 Å². The number of unbranched alkanes of at least 4 members (excludes halogenated alkanes) is 25. The molecule has 14 nitrogen and oxygen atoms in total. The van der Waals surface area contributed by atoms with E-state index in [1.807, 2.05) is 6.08 Å². The highest BCUT2D eigenvalue weighted by Gasteiger charge is 2.51. The molecule has 1 amide bonds. The van der Waals surface area contributed by atoms with E-state index in [-0.39, 0.29) is 18.9 Å². The lowest BCUT2D eigenvalue weighted by molar-refractivity contribution is -0.359. The first-order chi connectivity index (χ1) is 34.6. The molecule has 2 heterocycles. The fraction of sp³-hybridized carbons (Fsp3) is 0.842. The van der Waals surface area contributed by atoms with Crippen LogP contribution in [-0.2, 0) is 23.7 Å². The van der Waals surface area contributed by atoms with Crippen molar-refractivity contribution in [1.82, 2.24) is 5.32 Å². The zero-order valence-corrected chi connectivity index (χ0v) is 44.2. The molecule has 0 radical (unpaired) electrons. The first kappa shape index (κ1) is 65.1. The van der Waals surface area contributed by atoms with Gasteiger partial charge in [0.1, 0.15) is 48.8 Å². The smallest absolute Gasteiger partial charge is 0.220 e. The third kappa shape index (κ3) is 29.6. The summed E-state index contributed by atoms with van der Waals surface area (Å²) in [6, 6.07) is -0.939. The number of ether oxygens (including phenoxy) is 4. The van der Waals surface area contributed by atoms with Crippen LogP contribution >= 0.6 is 0 Å². The van der Waals surface area contributed by atoms with Crippen LogP contribution in [0.1, 0.15) is 213 Å². The van der Waals surface area contributed by atoms with E-state index in [0.29, 0.717) is 12.8 Å². The van der Waals surface area contributed by atoms with Gasteiger partial charge >= 0.3 is 0 Å². The summed E-state index contributed by atoms with van der Waals surface area (Å²) in [6.45, 7) is 2.76. The Hall–Kier alpha value is -2.05. The Bertz CT molecular complexity index is 1380. The third-order valence-electron chi connectivity index (χ3n) is 13.7. The number of allylic oxidation sites excluding steroid dienone is 7. The molecule has 2 aliphatic rings. The Morgan fingerprint density at radius 3 is 1.38 bits per heavy atom. The van der Waals surface area contributed by atoms with Crippen LogP contribution < -0.4 is 5.32 Å². The monoisotopic (exact) mass is 1010 g/mol. The molecule has 0 aromatic rings. The summed E-state index contributed by atoms with van der Waals surface area (Å²) in [6.07, 6.45) is 35.7. The number of rotatable bonds is 44. The lowest BCUT2D eigenvalue weighted by atomic mass is 9.97. The van der Waals surface area contributed by atoms with E-state index in [0.717, 1.165) is 44.9 Å². The Morgan fingerprint density at radius 1 is 0.493 bits per heavy atom. The molecule has 2 aliphatic heterocycles. The Balaban J connectivity index is 1.82. The highest BCUT2D eigenvalue weighted by molar-refractivity contribution is 5.76. The predicted octanol–water partition coefficient (Wildman–Crippen LogP) is 8.83. The molecule has 71 heavy (non-hydrogen) atoms. The molecular formula is C57H103NO13. The van der Waals surface area contributed by atoms with E-state index < -0.39 is 86.8 Å². The average Bonchev–Trinajstić information content (AvgIpc) is 3.37. The van der Waals surface area contributed by atoms with Crippen LogP contribution in [0.5, 0.6) is 0 Å². The Morgan fingerprint density at radius 2 is 0.901 bits per heavy atom. The predicted molar refractivity (Wildman–Crippen MR) is 281 cm³/mol. The van der Waals surface area contributed by atoms with Crippen LogP contribution in [0.2, 0.25) is 0 Å². The number of hydrogen-bond acceptors (Lipinski definition) is 13. The van der Waals surface area contributed by atoms with Gasteiger partial charge in [-0.1, -0.05) is 184 Å². The van der Waals surface area contributed by atoms with Gasteiger partial charge in [0.05, 0.1) is 32.0 Å². The maximum atomic E-state index is 13.2. The van der Waals surface area contributed by atoms with E-state index in [1.165, 1.54) is 135 Å². The summed E-state index contributed by atoms with van der Waals surface area (Å²) in [5, 5.41) is 86.9. The van der Waals surface area contributed by atoms with E-state index in [4.69, 9.17) is 18.9 Å². The van der Waals surface area contributed by atoms with Gasteiger partial charge in [-0.3, -0.25) is 4.79 Å². The standard InChI is InChI=1S/C57H103NO13/c1-3-5-7-9-11-13-15-17-19-21-23-25-27-29-31-33-35-37-39-41-49(62)58-45(46(61)40-38-36-34-32-30-28-26-24-22-20-18-16-14-12-10-8-6-4-2)44-68-56-54(67)52(65)55(48(43-60)70-56)71-57-53(66)51(64)50(63)47(42-59)69-57/h17,19,22,24,30,32,38,40,45-48,50-57,59-61,63-67H,3-16,18,20-21,23,25-29,31,33-37,39,41-44H2,1-2H3,(H,58,62)/b19-17-,24-22+,32-30+,40-38+. The molecule has 0 saturated carbocycles. The normalized spacial score (nSPS) is 26.1. The minimum atomic E-state index is -1.79. The first-order valence-corrected chi connectivity index (χ1v) is 28.4. The summed E-state index contributed by atoms with van der Waals surface area (Å²) >= 11 is 0. The SMILES string of the molecule is CCCCCCCC/C=C\CCCCCCCCCCCC(=O)NC(COC1OC(CO)C(OC2OC(CO)C(O)C(O)C2O)C(O)C1O)C(O)/C=C/CC/C=C/CC/C=C/CCCCCCCCCC. The van der Waals surface area contributed by atoms with Gasteiger partial charge in [0.15, 0.2) is 12.6 Å². The molecule has 0 aromatic carbocycles. The second-order valence-corrected chi connectivity index (χ2v) is 20.0. The minimum Gasteiger partial charge on any atom is -0.394 e. The van der Waals surface area contributed by atoms with Crippen molar-refractivity contribution in [3.05, 3.63) is 48.6 Å². The molecule has 2 rings (SSSR count). The molecule has 2 fully saturated rings. The molecule has 0 bridgehead atoms. The van der Waals surface area contributed by atoms with Crippen LogP contribution in [-0.4, -0.2) is 140 Å². The highest BCUT2D eigenvalue weighted by atomic mass is 16.7. The largest absolute Gasteiger partial charge is 0.394 e. The fourth-order valence-electron chi connectivity index (χ4n) is 9.08. The number of aliphatic hydroxyl groups excluding tert-OH is 8. The second kappa shape index (κ2) is 43.2. The number of carbonyl (C=O) groups excluding carboxylic acids is 1. The highest BCUT2D eigenvalue weighted by Crippen LogP contribution is 2.30. The molecule has 9 N–H and O–H groups in total. The molecule has 0 aromatic heterocycles. The third-order valence-corrected chi connectivity index (χ3v) is 13.7. The number of carbonyl (C=O) groups is 1. The lowest BCUT2D eigenvalue weighted by Crippen LogP contribution is -2.65. The van der Waals surface area contributed by atoms with Crippen LogP contribution in [0.15, 0.2) is 48.6 Å². The molecule has 12 unspecified atom stereocenters. The summed E-state index contributed by atoms with van der Waals surface area (Å²) in [5.41, 5.74) is 0. The number of aliphatic hydroxyl groups is 8. The van der Waals surface area contributed by atoms with E-state index in [2.05, 4.69) is 55.6 Å². The van der Waals surface area contributed by atoms with Gasteiger partial charge in [-0.05, 0) is 70.6 Å². The molecule has 0 spiro atoms. The average molecular weight is 1010 g/mol. The van der Waals surface area contributed by atoms with Gasteiger partial charge in [-0.25, -0.2) is 0 Å². The lowest BCUT2D eigenvalue weighted by Gasteiger charge is -2.46. The summed E-state index contributed by atoms with van der Waals surface area (Å²) in [5.74, 6) is -0.256. The van der Waals surface area contributed by atoms with Gasteiger partial charge in [0.25, 0.3) is 0 Å². The van der Waals surface area contributed by atoms with E-state index >= 15 is 0 Å². The summed E-state index contributed by atoms with van der Waals surface area (Å²) in [7, 11) is 0. The van der Waals surface area contributed by atoms with Crippen LogP contribution in [0.3, 0.4) is 0 Å². The maximum Gasteiger partial charge on any atom is 0.220 e. The Labute approximate surface area is 429 Å². The van der Waals surface area contributed by atoms with Crippen molar-refractivity contribution >= 4 is 5.91 Å². The van der Waals surface area contributed by atoms with Crippen LogP contribution in [0.4, 0.5) is 0 Å². The van der Waals surface area contributed by atoms with Gasteiger partial charge in [-0.15, -0.1) is 0 Å². The van der Waals surface area contributed by atoms with Crippen molar-refractivity contribution in [2.75, 3.05) is 19.8 Å². The zero-order chi connectivity index (χ0) is 51.7. The topological polar surface area (TPSA) is 228 Å². The number of hydrogen-bond donors (Lipinski definition) is 9. The molecule has 12 atom stereocenters. The van der Waals surface area contributed by atoms with Gasteiger partial charge < -0.3 is 65.1 Å². The van der Waals surface area contributed by atoms with Crippen molar-refractivity contribution in [1.29, 1.82) is 0 Å². The van der Waals surface area contributed by atoms with E-state index in [9.17, 15) is 45.6 Å². The summed E-state index contributed by atoms with van der Waals surface area (Å²) in [4.78, 5) is 13.2. The number of amides is 1. The zero-order valence-electron chi connectivity index (χ0n) is 44.2. The molecule has 414 valence electrons. The first-order valence-electron chi connectivity index (χ1n) is 28.4. The Kier molecular flexibility index (Phi) is 39.6. The maximum absolute atomic E-state index is 13.2. The fourth-order valence-corrected chi connectivity index (χ4v) is 9.08. The van der Waals surface area contributed by atoms with Crippen molar-refractivity contribution in [2.24, 2.45) is 0 Å². The van der Waals surface area contributed by atoms with Crippen LogP contribution in [0, 0.1) is 0 Å². The summed E-state index contributed by atoms with van der Waals surface area (Å²) < 4.78 is 22.7.